The van der Waals surface area contributed by atoms with Gasteiger partial charge in [0.1, 0.15) is 0 Å². The molecule has 0 radical (unpaired) electrons. The smallest absolute Gasteiger partial charge is 0.0643 e. The van der Waals surface area contributed by atoms with Gasteiger partial charge in [-0.1, -0.05) is 32.9 Å². The summed E-state index contributed by atoms with van der Waals surface area (Å²) in [5.41, 5.74) is 0. The number of hydrogen-bond acceptors (Lipinski definition) is 2. The predicted octanol–water partition coefficient (Wildman–Crippen LogP) is 3.77. The minimum Gasteiger partial charge on any atom is -0.279 e. The summed E-state index contributed by atoms with van der Waals surface area (Å²) < 4.78 is 0. The molecule has 0 aromatic heterocycles. The van der Waals surface area contributed by atoms with E-state index in [0.717, 1.165) is 25.6 Å². The van der Waals surface area contributed by atoms with Crippen molar-refractivity contribution in [2.75, 3.05) is 19.6 Å². The highest BCUT2D eigenvalue weighted by molar-refractivity contribution is 4.52. The maximum Gasteiger partial charge on any atom is 0.0643 e. The van der Waals surface area contributed by atoms with Crippen LogP contribution in [-0.4, -0.2) is 24.6 Å². The van der Waals surface area contributed by atoms with E-state index in [-0.39, 0.29) is 0 Å². The van der Waals surface area contributed by atoms with Crippen LogP contribution in [0.4, 0.5) is 0 Å². The molecule has 0 amide bonds. The molecule has 0 saturated carbocycles. The molecule has 0 spiro atoms. The summed E-state index contributed by atoms with van der Waals surface area (Å²) in [5, 5.41) is 10.5. The summed E-state index contributed by atoms with van der Waals surface area (Å²) >= 11 is 0. The van der Waals surface area contributed by atoms with Crippen LogP contribution in [0.5, 0.6) is 0 Å². The molecular weight excluding hydrogens is 186 g/mol. The van der Waals surface area contributed by atoms with Crippen LogP contribution in [0, 0.1) is 11.8 Å². The quantitative estimate of drug-likeness (QED) is 0.445. The molecule has 15 heavy (non-hydrogen) atoms. The first-order chi connectivity index (χ1) is 7.06. The summed E-state index contributed by atoms with van der Waals surface area (Å²) in [6.45, 7) is 13.8. The van der Waals surface area contributed by atoms with E-state index in [2.05, 4.69) is 50.0 Å². The lowest BCUT2D eigenvalue weighted by atomic mass is 10.1. The number of rotatable bonds is 8. The lowest BCUT2D eigenvalue weighted by Crippen LogP contribution is -2.18. The molecule has 0 aliphatic rings. The maximum atomic E-state index is 4.24. The van der Waals surface area contributed by atoms with Crippen molar-refractivity contribution in [3.8, 4) is 0 Å². The van der Waals surface area contributed by atoms with Gasteiger partial charge in [-0.25, -0.2) is 0 Å². The van der Waals surface area contributed by atoms with Gasteiger partial charge in [0.2, 0.25) is 0 Å². The van der Waals surface area contributed by atoms with Crippen LogP contribution in [-0.2, 0) is 0 Å². The van der Waals surface area contributed by atoms with Crippen LogP contribution in [0.15, 0.2) is 10.3 Å². The van der Waals surface area contributed by atoms with E-state index in [0.29, 0.717) is 5.92 Å². The topological polar surface area (TPSA) is 28.0 Å². The third kappa shape index (κ3) is 9.70. The zero-order chi connectivity index (χ0) is 11.7. The summed E-state index contributed by atoms with van der Waals surface area (Å²) in [4.78, 5) is 0. The molecule has 0 atom stereocenters. The van der Waals surface area contributed by atoms with Crippen molar-refractivity contribution in [1.29, 1.82) is 0 Å². The first-order valence-corrected chi connectivity index (χ1v) is 6.18. The predicted molar refractivity (Wildman–Crippen MR) is 65.9 cm³/mol. The fraction of sp³-hybridized carbons (Fsp3) is 1.00. The summed E-state index contributed by atoms with van der Waals surface area (Å²) in [5.74, 6) is 1.39. The lowest BCUT2D eigenvalue weighted by molar-refractivity contribution is 0.266. The van der Waals surface area contributed by atoms with Crippen LogP contribution in [0.1, 0.15) is 47.5 Å². The zero-order valence-corrected chi connectivity index (χ0v) is 11.0. The molecule has 0 aliphatic carbocycles. The molecular formula is C12H27N3. The van der Waals surface area contributed by atoms with Crippen molar-refractivity contribution in [1.82, 2.24) is 5.01 Å². The Kier molecular flexibility index (Phi) is 8.34. The molecule has 0 aliphatic heterocycles. The standard InChI is InChI=1S/C12H27N3/c1-6-15(9-7-8-11(2)3)14-13-10-12(4)5/h11-12H,6-10H2,1-5H3. The van der Waals surface area contributed by atoms with Gasteiger partial charge in [-0.3, -0.25) is 5.01 Å². The van der Waals surface area contributed by atoms with Crippen molar-refractivity contribution in [2.45, 2.75) is 47.5 Å². The Bertz CT molecular complexity index is 164. The zero-order valence-electron chi connectivity index (χ0n) is 11.0. The largest absolute Gasteiger partial charge is 0.279 e. The Morgan fingerprint density at radius 2 is 1.73 bits per heavy atom. The van der Waals surface area contributed by atoms with Gasteiger partial charge in [0.15, 0.2) is 0 Å². The molecule has 90 valence electrons. The molecule has 0 saturated heterocycles. The first kappa shape index (κ1) is 14.4. The Morgan fingerprint density at radius 1 is 1.07 bits per heavy atom. The lowest BCUT2D eigenvalue weighted by Gasteiger charge is -2.15. The molecule has 0 aromatic carbocycles. The molecule has 0 aromatic rings. The van der Waals surface area contributed by atoms with Gasteiger partial charge in [0.05, 0.1) is 6.54 Å². The van der Waals surface area contributed by atoms with E-state index >= 15 is 0 Å². The minimum atomic E-state index is 0.600. The van der Waals surface area contributed by atoms with Crippen LogP contribution in [0.25, 0.3) is 0 Å². The molecule has 0 heterocycles. The van der Waals surface area contributed by atoms with Crippen molar-refractivity contribution in [2.24, 2.45) is 22.2 Å². The van der Waals surface area contributed by atoms with Crippen LogP contribution in [0.2, 0.25) is 0 Å². The van der Waals surface area contributed by atoms with Gasteiger partial charge in [0.25, 0.3) is 0 Å². The fourth-order valence-electron chi connectivity index (χ4n) is 1.24. The normalized spacial score (nSPS) is 11.9. The van der Waals surface area contributed by atoms with Crippen molar-refractivity contribution < 1.29 is 0 Å². The van der Waals surface area contributed by atoms with Gasteiger partial charge in [-0.15, -0.1) is 0 Å². The van der Waals surface area contributed by atoms with Crippen molar-refractivity contribution in [3.63, 3.8) is 0 Å². The SMILES string of the molecule is CCN(CCCC(C)C)N=NCC(C)C. The highest BCUT2D eigenvalue weighted by Crippen LogP contribution is 2.05. The average molecular weight is 213 g/mol. The Balaban J connectivity index is 3.67. The van der Waals surface area contributed by atoms with Gasteiger partial charge in [-0.2, -0.15) is 5.11 Å². The third-order valence-electron chi connectivity index (χ3n) is 2.20. The van der Waals surface area contributed by atoms with E-state index in [1.54, 1.807) is 0 Å². The Labute approximate surface area is 94.9 Å². The second kappa shape index (κ2) is 8.69. The summed E-state index contributed by atoms with van der Waals surface area (Å²) in [7, 11) is 0. The van der Waals surface area contributed by atoms with Gasteiger partial charge >= 0.3 is 0 Å². The first-order valence-electron chi connectivity index (χ1n) is 6.18. The second-order valence-electron chi connectivity index (χ2n) is 4.89. The highest BCUT2D eigenvalue weighted by Gasteiger charge is 2.00. The summed E-state index contributed by atoms with van der Waals surface area (Å²) in [6, 6.07) is 0. The third-order valence-corrected chi connectivity index (χ3v) is 2.20. The van der Waals surface area contributed by atoms with E-state index in [4.69, 9.17) is 0 Å². The number of hydrogen-bond donors (Lipinski definition) is 0. The molecule has 3 heteroatoms. The van der Waals surface area contributed by atoms with Gasteiger partial charge in [0, 0.05) is 13.1 Å². The maximum absolute atomic E-state index is 4.24. The molecule has 0 N–H and O–H groups in total. The summed E-state index contributed by atoms with van der Waals surface area (Å²) in [6.07, 6.45) is 2.49. The minimum absolute atomic E-state index is 0.600. The van der Waals surface area contributed by atoms with E-state index in [9.17, 15) is 0 Å². The average Bonchev–Trinajstić information content (AvgIpc) is 2.14. The highest BCUT2D eigenvalue weighted by atomic mass is 15.5. The monoisotopic (exact) mass is 213 g/mol. The molecule has 0 unspecified atom stereocenters. The van der Waals surface area contributed by atoms with Gasteiger partial charge in [-0.05, 0) is 31.6 Å². The van der Waals surface area contributed by atoms with E-state index < -0.39 is 0 Å². The molecule has 0 bridgehead atoms. The van der Waals surface area contributed by atoms with E-state index in [1.165, 1.54) is 12.8 Å². The second-order valence-corrected chi connectivity index (χ2v) is 4.89. The Hall–Kier alpha value is -0.600. The van der Waals surface area contributed by atoms with Crippen molar-refractivity contribution >= 4 is 0 Å². The molecule has 0 fully saturated rings. The van der Waals surface area contributed by atoms with E-state index in [1.807, 2.05) is 0 Å². The molecule has 3 nitrogen and oxygen atoms in total. The number of nitrogens with zero attached hydrogens (tertiary/aromatic N) is 3. The molecule has 0 rings (SSSR count). The fourth-order valence-corrected chi connectivity index (χ4v) is 1.24. The Morgan fingerprint density at radius 3 is 2.20 bits per heavy atom. The van der Waals surface area contributed by atoms with Crippen molar-refractivity contribution in [3.05, 3.63) is 0 Å². The van der Waals surface area contributed by atoms with Crippen LogP contribution in [0.3, 0.4) is 0 Å². The van der Waals surface area contributed by atoms with Gasteiger partial charge < -0.3 is 0 Å². The van der Waals surface area contributed by atoms with Crippen LogP contribution < -0.4 is 0 Å². The van der Waals surface area contributed by atoms with Crippen LogP contribution >= 0.6 is 0 Å².